The highest BCUT2D eigenvalue weighted by molar-refractivity contribution is 14.1. The molecule has 5 heteroatoms. The summed E-state index contributed by atoms with van der Waals surface area (Å²) in [6.07, 6.45) is 0. The summed E-state index contributed by atoms with van der Waals surface area (Å²) in [7, 11) is 0. The van der Waals surface area contributed by atoms with Crippen molar-refractivity contribution in [3.63, 3.8) is 0 Å². The molecule has 0 unspecified atom stereocenters. The Morgan fingerprint density at radius 3 is 1.11 bits per heavy atom. The molecule has 0 radical (unpaired) electrons. The van der Waals surface area contributed by atoms with Gasteiger partial charge < -0.3 is 9.47 Å². The summed E-state index contributed by atoms with van der Waals surface area (Å²) in [5.41, 5.74) is 1.56. The van der Waals surface area contributed by atoms with Gasteiger partial charge in [0.2, 0.25) is 0 Å². The molecule has 0 aromatic heterocycles. The maximum absolute atomic E-state index is 6.33. The number of benzene rings is 4. The Kier molecular flexibility index (Phi) is 8.69. The molecule has 0 N–H and O–H groups in total. The van der Waals surface area contributed by atoms with Gasteiger partial charge in [-0.15, -0.1) is 0 Å². The molecule has 0 saturated carbocycles. The molecule has 4 aromatic rings. The van der Waals surface area contributed by atoms with Crippen molar-refractivity contribution in [3.05, 3.63) is 122 Å². The van der Waals surface area contributed by atoms with Crippen LogP contribution in [0.2, 0.25) is 0 Å². The van der Waals surface area contributed by atoms with Crippen molar-refractivity contribution in [2.24, 2.45) is 0 Å². The van der Waals surface area contributed by atoms with Gasteiger partial charge in [-0.3, -0.25) is 0 Å². The van der Waals surface area contributed by atoms with E-state index >= 15 is 0 Å². The summed E-state index contributed by atoms with van der Waals surface area (Å²) < 4.78 is 17.8. The average molecular weight is 801 g/mol. The van der Waals surface area contributed by atoms with Crippen LogP contribution in [0.1, 0.15) is 38.8 Å². The van der Waals surface area contributed by atoms with E-state index in [1.165, 1.54) is 25.4 Å². The largest absolute Gasteiger partial charge is 0.483 e. The van der Waals surface area contributed by atoms with E-state index in [1.54, 1.807) is 0 Å². The first-order chi connectivity index (χ1) is 16.6. The molecule has 0 amide bonds. The average Bonchev–Trinajstić information content (AvgIpc) is 2.82. The van der Waals surface area contributed by atoms with Gasteiger partial charge in [0.15, 0.2) is 7.14 Å². The fraction of sp³-hybridized carbons (Fsp3) is 0.200. The van der Waals surface area contributed by atoms with Gasteiger partial charge in [-0.25, -0.2) is 0 Å². The Bertz CT molecular complexity index is 1140. The molecular weight excluding hydrogens is 773 g/mol. The highest BCUT2D eigenvalue weighted by Gasteiger charge is 2.25. The van der Waals surface area contributed by atoms with Crippen LogP contribution >= 0.6 is 45.2 Å². The van der Waals surface area contributed by atoms with E-state index in [2.05, 4.69) is 170 Å². The topological polar surface area (TPSA) is 18.5 Å². The highest BCUT2D eigenvalue weighted by atomic mass is 127. The van der Waals surface area contributed by atoms with Gasteiger partial charge in [0.25, 0.3) is 0 Å². The molecule has 35 heavy (non-hydrogen) atoms. The van der Waals surface area contributed by atoms with Gasteiger partial charge >= 0.3 is 21.2 Å². The quantitative estimate of drug-likeness (QED) is 0.215. The summed E-state index contributed by atoms with van der Waals surface area (Å²) in [6, 6.07) is 34.1. The smallest absolute Gasteiger partial charge is 0.357 e. The van der Waals surface area contributed by atoms with Crippen molar-refractivity contribution in [1.82, 2.24) is 0 Å². The summed E-state index contributed by atoms with van der Waals surface area (Å²) in [5, 5.41) is 0. The number of hydrogen-bond acceptors (Lipinski definition) is 2. The normalized spacial score (nSPS) is 11.8. The van der Waals surface area contributed by atoms with E-state index in [-0.39, 0.29) is 32.4 Å². The van der Waals surface area contributed by atoms with E-state index < -0.39 is 0 Å². The fourth-order valence-corrected chi connectivity index (χ4v) is 6.54. The van der Waals surface area contributed by atoms with Crippen molar-refractivity contribution in [2.45, 2.75) is 38.9 Å². The number of rotatable bonds is 8. The first-order valence-electron chi connectivity index (χ1n) is 11.4. The SMILES string of the molecule is CC(C)(Oc1ccc([I+]c2ccc(OC(C)(C)c3ccc(I)cc3)cc2)cc1)c1ccc(I)cc1. The molecule has 0 atom stereocenters. The zero-order chi connectivity index (χ0) is 25.1. The molecule has 2 nitrogen and oxygen atoms in total. The number of hydrogen-bond donors (Lipinski definition) is 0. The summed E-state index contributed by atoms with van der Waals surface area (Å²) in [4.78, 5) is 0. The van der Waals surface area contributed by atoms with E-state index in [0.717, 1.165) is 11.5 Å². The molecule has 0 spiro atoms. The standard InChI is InChI=1S/C30H28I3O2/c1-29(2,21-5-9-23(31)10-6-21)34-27-17-13-25(14-18-27)33-26-15-19-28(20-16-26)35-30(3,4)22-7-11-24(32)12-8-22/h5-20H,1-4H3/q+1. The predicted molar refractivity (Wildman–Crippen MR) is 156 cm³/mol. The second-order valence-corrected chi connectivity index (χ2v) is 14.8. The Morgan fingerprint density at radius 1 is 0.486 bits per heavy atom. The number of ether oxygens (including phenoxy) is 2. The Balaban J connectivity index is 1.37. The second-order valence-electron chi connectivity index (χ2n) is 9.24. The Labute approximate surface area is 246 Å². The van der Waals surface area contributed by atoms with Gasteiger partial charge in [0, 0.05) is 7.14 Å². The van der Waals surface area contributed by atoms with Crippen molar-refractivity contribution in [2.75, 3.05) is 0 Å². The van der Waals surface area contributed by atoms with Crippen LogP contribution < -0.4 is 30.7 Å². The Morgan fingerprint density at radius 2 is 0.800 bits per heavy atom. The van der Waals surface area contributed by atoms with Gasteiger partial charge in [-0.05, 0) is 157 Å². The molecule has 4 rings (SSSR count). The first-order valence-corrected chi connectivity index (χ1v) is 15.7. The van der Waals surface area contributed by atoms with Crippen LogP contribution in [0, 0.1) is 14.3 Å². The van der Waals surface area contributed by atoms with Crippen molar-refractivity contribution in [1.29, 1.82) is 0 Å². The molecule has 180 valence electrons. The fourth-order valence-electron chi connectivity index (χ4n) is 3.67. The third-order valence-corrected chi connectivity index (χ3v) is 9.79. The maximum atomic E-state index is 6.33. The van der Waals surface area contributed by atoms with Crippen LogP contribution in [0.25, 0.3) is 0 Å². The minimum atomic E-state index is -0.386. The van der Waals surface area contributed by atoms with E-state index in [9.17, 15) is 0 Å². The van der Waals surface area contributed by atoms with E-state index in [4.69, 9.17) is 9.47 Å². The molecule has 4 aromatic carbocycles. The zero-order valence-electron chi connectivity index (χ0n) is 20.2. The van der Waals surface area contributed by atoms with Crippen molar-refractivity contribution < 1.29 is 30.7 Å². The summed E-state index contributed by atoms with van der Waals surface area (Å²) in [6.45, 7) is 8.44. The van der Waals surface area contributed by atoms with Crippen LogP contribution in [0.4, 0.5) is 0 Å². The van der Waals surface area contributed by atoms with Crippen LogP contribution in [-0.2, 0) is 11.2 Å². The third-order valence-electron chi connectivity index (χ3n) is 5.67. The van der Waals surface area contributed by atoms with Crippen molar-refractivity contribution >= 4 is 45.2 Å². The van der Waals surface area contributed by atoms with Gasteiger partial charge in [0.1, 0.15) is 22.7 Å². The van der Waals surface area contributed by atoms with Gasteiger partial charge in [-0.2, -0.15) is 0 Å². The lowest BCUT2D eigenvalue weighted by molar-refractivity contribution is -0.597. The van der Waals surface area contributed by atoms with Gasteiger partial charge in [-0.1, -0.05) is 24.3 Å². The molecule has 0 saturated heterocycles. The van der Waals surface area contributed by atoms with Crippen LogP contribution in [0.5, 0.6) is 11.5 Å². The minimum absolute atomic E-state index is 0.274. The van der Waals surface area contributed by atoms with E-state index in [0.29, 0.717) is 0 Å². The van der Waals surface area contributed by atoms with E-state index in [1.807, 2.05) is 0 Å². The minimum Gasteiger partial charge on any atom is -0.483 e. The molecule has 0 fully saturated rings. The summed E-state index contributed by atoms with van der Waals surface area (Å²) in [5.74, 6) is 1.78. The first kappa shape index (κ1) is 26.7. The Hall–Kier alpha value is -1.33. The lowest BCUT2D eigenvalue weighted by Gasteiger charge is -2.27. The summed E-state index contributed by atoms with van der Waals surface area (Å²) >= 11 is 4.38. The molecular formula is C30H28I3O2+. The lowest BCUT2D eigenvalue weighted by Crippen LogP contribution is -3.61. The second kappa shape index (κ2) is 11.4. The zero-order valence-corrected chi connectivity index (χ0v) is 26.7. The molecule has 0 aliphatic carbocycles. The van der Waals surface area contributed by atoms with Crippen molar-refractivity contribution in [3.8, 4) is 11.5 Å². The number of halogens is 3. The molecule has 0 aliphatic heterocycles. The van der Waals surface area contributed by atoms with Crippen LogP contribution in [0.3, 0.4) is 0 Å². The van der Waals surface area contributed by atoms with Gasteiger partial charge in [0.05, 0.1) is 0 Å². The maximum Gasteiger partial charge on any atom is 0.357 e. The van der Waals surface area contributed by atoms with Crippen LogP contribution in [-0.4, -0.2) is 0 Å². The molecule has 0 heterocycles. The highest BCUT2D eigenvalue weighted by Crippen LogP contribution is 2.29. The monoisotopic (exact) mass is 801 g/mol. The lowest BCUT2D eigenvalue weighted by atomic mass is 9.98. The molecule has 0 bridgehead atoms. The molecule has 0 aliphatic rings. The predicted octanol–water partition coefficient (Wildman–Crippen LogP) is 5.65. The van der Waals surface area contributed by atoms with Crippen LogP contribution in [0.15, 0.2) is 97.1 Å². The third kappa shape index (κ3) is 7.35.